The molecule has 1 heterocycles. The van der Waals surface area contributed by atoms with Crippen molar-refractivity contribution in [3.8, 4) is 5.75 Å². The number of hydrogen-bond acceptors (Lipinski definition) is 4. The smallest absolute Gasteiger partial charge is 0.300 e. The number of ketones is 1. The molecule has 5 nitrogen and oxygen atoms in total. The van der Waals surface area contributed by atoms with Crippen LogP contribution in [0.1, 0.15) is 54.5 Å². The van der Waals surface area contributed by atoms with Crippen molar-refractivity contribution in [2.75, 3.05) is 11.5 Å². The summed E-state index contributed by atoms with van der Waals surface area (Å²) in [6.07, 6.45) is 3.14. The molecule has 0 spiro atoms. The number of rotatable bonds is 8. The number of ether oxygens (including phenoxy) is 1. The number of hydrogen-bond donors (Lipinski definition) is 1. The van der Waals surface area contributed by atoms with E-state index in [1.807, 2.05) is 26.0 Å². The van der Waals surface area contributed by atoms with E-state index in [2.05, 4.69) is 6.92 Å². The number of benzene rings is 3. The summed E-state index contributed by atoms with van der Waals surface area (Å²) in [5, 5.41) is 11.3. The zero-order valence-corrected chi connectivity index (χ0v) is 20.8. The molecule has 4 rings (SSSR count). The van der Waals surface area contributed by atoms with E-state index in [4.69, 9.17) is 4.74 Å². The largest absolute Gasteiger partial charge is 0.507 e. The predicted octanol–water partition coefficient (Wildman–Crippen LogP) is 6.64. The van der Waals surface area contributed by atoms with Crippen molar-refractivity contribution >= 4 is 23.1 Å². The Morgan fingerprint density at radius 3 is 2.28 bits per heavy atom. The van der Waals surface area contributed by atoms with Crippen LogP contribution < -0.4 is 9.64 Å². The first-order chi connectivity index (χ1) is 17.3. The van der Waals surface area contributed by atoms with Gasteiger partial charge in [0.05, 0.1) is 18.2 Å². The Morgan fingerprint density at radius 1 is 0.944 bits per heavy atom. The normalized spacial score (nSPS) is 17.0. The first kappa shape index (κ1) is 25.2. The lowest BCUT2D eigenvalue weighted by Gasteiger charge is -2.26. The molecule has 3 aromatic rings. The third-order valence-corrected chi connectivity index (χ3v) is 6.54. The van der Waals surface area contributed by atoms with Gasteiger partial charge in [0.15, 0.2) is 0 Å². The Labute approximate surface area is 210 Å². The van der Waals surface area contributed by atoms with Crippen LogP contribution in [0.3, 0.4) is 0 Å². The van der Waals surface area contributed by atoms with E-state index in [9.17, 15) is 19.1 Å². The standard InChI is InChI=1S/C30H30FNO4/c1-4-5-6-17-36-25-15-10-22(11-16-25)28(33)26-27(21-8-12-23(31)13-9-21)32(30(35)29(26)34)24-14-7-19(2)20(3)18-24/h7-16,18,27,33H,4-6,17H2,1-3H3/b28-26+. The fraction of sp³-hybridized carbons (Fsp3) is 0.267. The van der Waals surface area contributed by atoms with E-state index in [1.54, 1.807) is 30.3 Å². The SMILES string of the molecule is CCCCCOc1ccc(/C(O)=C2\C(=O)C(=O)N(c3ccc(C)c(C)c3)C2c2ccc(F)cc2)cc1. The summed E-state index contributed by atoms with van der Waals surface area (Å²) >= 11 is 0. The number of aliphatic hydroxyl groups is 1. The number of aliphatic hydroxyl groups excluding tert-OH is 1. The molecule has 186 valence electrons. The van der Waals surface area contributed by atoms with Crippen LogP contribution in [0.25, 0.3) is 5.76 Å². The van der Waals surface area contributed by atoms with Gasteiger partial charge in [0.2, 0.25) is 0 Å². The molecule has 1 amide bonds. The van der Waals surface area contributed by atoms with Gasteiger partial charge >= 0.3 is 0 Å². The van der Waals surface area contributed by atoms with E-state index in [0.717, 1.165) is 30.4 Å². The van der Waals surface area contributed by atoms with Crippen molar-refractivity contribution in [2.24, 2.45) is 0 Å². The Hall–Kier alpha value is -3.93. The molecule has 1 unspecified atom stereocenters. The van der Waals surface area contributed by atoms with Crippen LogP contribution in [-0.4, -0.2) is 23.4 Å². The van der Waals surface area contributed by atoms with Gasteiger partial charge in [0.1, 0.15) is 17.3 Å². The second-order valence-electron chi connectivity index (χ2n) is 9.07. The summed E-state index contributed by atoms with van der Waals surface area (Å²) in [5.74, 6) is -1.60. The van der Waals surface area contributed by atoms with Gasteiger partial charge in [-0.15, -0.1) is 0 Å². The Morgan fingerprint density at radius 2 is 1.64 bits per heavy atom. The molecule has 3 aromatic carbocycles. The van der Waals surface area contributed by atoms with Gasteiger partial charge in [-0.05, 0) is 85.5 Å². The molecule has 0 aromatic heterocycles. The van der Waals surface area contributed by atoms with Gasteiger partial charge in [-0.1, -0.05) is 38.0 Å². The lowest BCUT2D eigenvalue weighted by molar-refractivity contribution is -0.132. The van der Waals surface area contributed by atoms with Crippen molar-refractivity contribution in [3.63, 3.8) is 0 Å². The molecule has 0 radical (unpaired) electrons. The molecule has 0 bridgehead atoms. The summed E-state index contributed by atoms with van der Waals surface area (Å²) in [6.45, 7) is 6.61. The average Bonchev–Trinajstić information content (AvgIpc) is 3.14. The molecule has 0 aliphatic carbocycles. The Kier molecular flexibility index (Phi) is 7.53. The third-order valence-electron chi connectivity index (χ3n) is 6.54. The van der Waals surface area contributed by atoms with E-state index in [-0.39, 0.29) is 11.3 Å². The number of amides is 1. The molecule has 1 atom stereocenters. The van der Waals surface area contributed by atoms with Gasteiger partial charge in [-0.3, -0.25) is 14.5 Å². The van der Waals surface area contributed by atoms with E-state index >= 15 is 0 Å². The van der Waals surface area contributed by atoms with Crippen molar-refractivity contribution in [1.82, 2.24) is 0 Å². The minimum absolute atomic E-state index is 0.0403. The number of carbonyl (C=O) groups excluding carboxylic acids is 2. The van der Waals surface area contributed by atoms with Crippen LogP contribution in [-0.2, 0) is 9.59 Å². The van der Waals surface area contributed by atoms with Crippen LogP contribution in [0.2, 0.25) is 0 Å². The monoisotopic (exact) mass is 487 g/mol. The second-order valence-corrected chi connectivity index (χ2v) is 9.07. The lowest BCUT2D eigenvalue weighted by Crippen LogP contribution is -2.29. The van der Waals surface area contributed by atoms with Gasteiger partial charge in [0, 0.05) is 11.3 Å². The summed E-state index contributed by atoms with van der Waals surface area (Å²) in [6, 6.07) is 17.0. The maximum atomic E-state index is 13.7. The number of carbonyl (C=O) groups is 2. The molecular weight excluding hydrogens is 457 g/mol. The summed E-state index contributed by atoms with van der Waals surface area (Å²) in [5.41, 5.74) is 3.41. The summed E-state index contributed by atoms with van der Waals surface area (Å²) in [4.78, 5) is 27.9. The van der Waals surface area contributed by atoms with Crippen LogP contribution >= 0.6 is 0 Å². The fourth-order valence-electron chi connectivity index (χ4n) is 4.34. The highest BCUT2D eigenvalue weighted by molar-refractivity contribution is 6.51. The summed E-state index contributed by atoms with van der Waals surface area (Å²) < 4.78 is 19.5. The highest BCUT2D eigenvalue weighted by atomic mass is 19.1. The van der Waals surface area contributed by atoms with E-state index in [1.165, 1.54) is 29.2 Å². The van der Waals surface area contributed by atoms with Crippen LogP contribution in [0, 0.1) is 19.7 Å². The van der Waals surface area contributed by atoms with E-state index in [0.29, 0.717) is 29.2 Å². The zero-order valence-electron chi connectivity index (χ0n) is 20.8. The topological polar surface area (TPSA) is 66.8 Å². The van der Waals surface area contributed by atoms with Gasteiger partial charge in [-0.2, -0.15) is 0 Å². The van der Waals surface area contributed by atoms with Crippen molar-refractivity contribution in [2.45, 2.75) is 46.1 Å². The number of Topliss-reactive ketones (excluding diaryl/α,β-unsaturated/α-hetero) is 1. The first-order valence-electron chi connectivity index (χ1n) is 12.2. The molecule has 1 saturated heterocycles. The number of halogens is 1. The molecule has 1 aliphatic heterocycles. The van der Waals surface area contributed by atoms with Crippen LogP contribution in [0.4, 0.5) is 10.1 Å². The summed E-state index contributed by atoms with van der Waals surface area (Å²) in [7, 11) is 0. The lowest BCUT2D eigenvalue weighted by atomic mass is 9.95. The van der Waals surface area contributed by atoms with Crippen molar-refractivity contribution < 1.29 is 23.8 Å². The number of anilines is 1. The quantitative estimate of drug-likeness (QED) is 0.167. The van der Waals surface area contributed by atoms with Crippen molar-refractivity contribution in [1.29, 1.82) is 0 Å². The maximum absolute atomic E-state index is 13.7. The second kappa shape index (κ2) is 10.8. The van der Waals surface area contributed by atoms with Gasteiger partial charge in [0.25, 0.3) is 11.7 Å². The van der Waals surface area contributed by atoms with Crippen LogP contribution in [0.5, 0.6) is 5.75 Å². The molecule has 1 fully saturated rings. The maximum Gasteiger partial charge on any atom is 0.300 e. The highest BCUT2D eigenvalue weighted by Crippen LogP contribution is 2.42. The third kappa shape index (κ3) is 5.03. The van der Waals surface area contributed by atoms with Gasteiger partial charge < -0.3 is 9.84 Å². The molecule has 6 heteroatoms. The fourth-order valence-corrected chi connectivity index (χ4v) is 4.34. The predicted molar refractivity (Wildman–Crippen MR) is 139 cm³/mol. The molecule has 36 heavy (non-hydrogen) atoms. The Bertz CT molecular complexity index is 1300. The molecule has 0 saturated carbocycles. The Balaban J connectivity index is 1.76. The van der Waals surface area contributed by atoms with Crippen molar-refractivity contribution in [3.05, 3.63) is 100 Å². The van der Waals surface area contributed by atoms with Crippen LogP contribution in [0.15, 0.2) is 72.3 Å². The van der Waals surface area contributed by atoms with E-state index < -0.39 is 23.5 Å². The molecular formula is C30H30FNO4. The number of aryl methyl sites for hydroxylation is 2. The van der Waals surface area contributed by atoms with Gasteiger partial charge in [-0.25, -0.2) is 4.39 Å². The molecule has 1 aliphatic rings. The average molecular weight is 488 g/mol. The highest BCUT2D eigenvalue weighted by Gasteiger charge is 2.47. The zero-order chi connectivity index (χ0) is 25.8. The minimum atomic E-state index is -0.905. The number of unbranched alkanes of at least 4 members (excludes halogenated alkanes) is 2. The first-order valence-corrected chi connectivity index (χ1v) is 12.2. The molecule has 1 N–H and O–H groups in total. The minimum Gasteiger partial charge on any atom is -0.507 e. The number of nitrogens with zero attached hydrogens (tertiary/aromatic N) is 1.